The molecule has 0 spiro atoms. The van der Waals surface area contributed by atoms with Crippen LogP contribution in [0.15, 0.2) is 24.4 Å². The number of amides is 1. The minimum atomic E-state index is 0.140. The molecule has 1 heterocycles. The van der Waals surface area contributed by atoms with Crippen LogP contribution in [0.25, 0.3) is 0 Å². The van der Waals surface area contributed by atoms with Crippen LogP contribution in [0.4, 0.5) is 0 Å². The van der Waals surface area contributed by atoms with Gasteiger partial charge in [0.2, 0.25) is 5.91 Å². The van der Waals surface area contributed by atoms with Crippen LogP contribution in [0.3, 0.4) is 0 Å². The maximum absolute atomic E-state index is 11.6. The number of likely N-dealkylation sites (N-methyl/N-ethyl adjacent to an activating group) is 1. The molecule has 4 nitrogen and oxygen atoms in total. The number of rotatable bonds is 6. The van der Waals surface area contributed by atoms with E-state index in [1.54, 1.807) is 6.20 Å². The zero-order chi connectivity index (χ0) is 11.8. The van der Waals surface area contributed by atoms with Crippen molar-refractivity contribution in [1.82, 2.24) is 15.2 Å². The number of nitrogens with one attached hydrogen (secondary N) is 1. The number of carbonyl (C=O) groups excluding carboxylic acids is 1. The smallest absolute Gasteiger partial charge is 0.236 e. The highest BCUT2D eigenvalue weighted by molar-refractivity contribution is 5.78. The van der Waals surface area contributed by atoms with E-state index >= 15 is 0 Å². The number of carbonyl (C=O) groups is 1. The largest absolute Gasteiger partial charge is 0.342 e. The lowest BCUT2D eigenvalue weighted by Gasteiger charge is -2.18. The van der Waals surface area contributed by atoms with E-state index in [0.29, 0.717) is 13.1 Å². The van der Waals surface area contributed by atoms with Crippen LogP contribution >= 0.6 is 0 Å². The molecule has 0 aliphatic rings. The maximum Gasteiger partial charge on any atom is 0.236 e. The van der Waals surface area contributed by atoms with Crippen molar-refractivity contribution in [2.45, 2.75) is 20.4 Å². The fourth-order valence-electron chi connectivity index (χ4n) is 1.49. The fourth-order valence-corrected chi connectivity index (χ4v) is 1.49. The summed E-state index contributed by atoms with van der Waals surface area (Å²) in [5.74, 6) is 0.140. The Morgan fingerprint density at radius 1 is 1.38 bits per heavy atom. The quantitative estimate of drug-likeness (QED) is 0.780. The predicted molar refractivity (Wildman–Crippen MR) is 63.9 cm³/mol. The number of pyridine rings is 1. The number of aromatic nitrogens is 1. The lowest BCUT2D eigenvalue weighted by molar-refractivity contribution is -0.129. The first-order valence-corrected chi connectivity index (χ1v) is 5.66. The molecule has 1 aromatic heterocycles. The molecule has 0 saturated heterocycles. The average molecular weight is 221 g/mol. The van der Waals surface area contributed by atoms with Crippen LogP contribution in [-0.4, -0.2) is 35.4 Å². The van der Waals surface area contributed by atoms with Gasteiger partial charge in [0, 0.05) is 25.8 Å². The van der Waals surface area contributed by atoms with Gasteiger partial charge in [-0.15, -0.1) is 0 Å². The average Bonchev–Trinajstić information content (AvgIpc) is 2.32. The third-order valence-electron chi connectivity index (χ3n) is 2.42. The molecule has 0 aliphatic heterocycles. The molecule has 1 N–H and O–H groups in total. The normalized spacial score (nSPS) is 10.1. The summed E-state index contributed by atoms with van der Waals surface area (Å²) in [6, 6.07) is 5.76. The van der Waals surface area contributed by atoms with E-state index in [2.05, 4.69) is 10.3 Å². The van der Waals surface area contributed by atoms with Crippen LogP contribution in [0.2, 0.25) is 0 Å². The Morgan fingerprint density at radius 2 is 2.12 bits per heavy atom. The maximum atomic E-state index is 11.6. The zero-order valence-corrected chi connectivity index (χ0v) is 9.94. The lowest BCUT2D eigenvalue weighted by Crippen LogP contribution is -2.37. The van der Waals surface area contributed by atoms with Crippen molar-refractivity contribution in [3.63, 3.8) is 0 Å². The van der Waals surface area contributed by atoms with Crippen molar-refractivity contribution in [2.24, 2.45) is 0 Å². The van der Waals surface area contributed by atoms with Crippen molar-refractivity contribution >= 4 is 5.91 Å². The van der Waals surface area contributed by atoms with Gasteiger partial charge in [0.25, 0.3) is 0 Å². The molecule has 0 saturated carbocycles. The van der Waals surface area contributed by atoms with E-state index in [4.69, 9.17) is 0 Å². The van der Waals surface area contributed by atoms with E-state index in [-0.39, 0.29) is 5.91 Å². The summed E-state index contributed by atoms with van der Waals surface area (Å²) < 4.78 is 0. The molecule has 0 aliphatic carbocycles. The third-order valence-corrected chi connectivity index (χ3v) is 2.42. The van der Waals surface area contributed by atoms with Gasteiger partial charge in [0.15, 0.2) is 0 Å². The van der Waals surface area contributed by atoms with E-state index in [0.717, 1.165) is 18.8 Å². The first kappa shape index (κ1) is 12.6. The van der Waals surface area contributed by atoms with E-state index in [9.17, 15) is 4.79 Å². The van der Waals surface area contributed by atoms with Gasteiger partial charge in [-0.25, -0.2) is 0 Å². The molecule has 4 heteroatoms. The topological polar surface area (TPSA) is 45.2 Å². The van der Waals surface area contributed by atoms with Gasteiger partial charge < -0.3 is 10.2 Å². The van der Waals surface area contributed by atoms with Crippen molar-refractivity contribution < 1.29 is 4.79 Å². The molecule has 16 heavy (non-hydrogen) atoms. The van der Waals surface area contributed by atoms with Crippen molar-refractivity contribution in [2.75, 3.05) is 19.6 Å². The van der Waals surface area contributed by atoms with Gasteiger partial charge in [-0.3, -0.25) is 9.78 Å². The SMILES string of the molecule is CCN(CC)C(=O)CNCc1ccccn1. The second-order valence-corrected chi connectivity index (χ2v) is 3.49. The second kappa shape index (κ2) is 6.95. The van der Waals surface area contributed by atoms with Crippen LogP contribution < -0.4 is 5.32 Å². The highest BCUT2D eigenvalue weighted by Gasteiger charge is 2.07. The number of hydrogen-bond donors (Lipinski definition) is 1. The van der Waals surface area contributed by atoms with Crippen LogP contribution in [0, 0.1) is 0 Å². The Bertz CT molecular complexity index is 309. The Kier molecular flexibility index (Phi) is 5.50. The summed E-state index contributed by atoms with van der Waals surface area (Å²) in [6.45, 7) is 6.51. The standard InChI is InChI=1S/C12H19N3O/c1-3-15(4-2)12(16)10-13-9-11-7-5-6-8-14-11/h5-8,13H,3-4,9-10H2,1-2H3. The Hall–Kier alpha value is -1.42. The first-order valence-electron chi connectivity index (χ1n) is 5.66. The Labute approximate surface area is 96.7 Å². The molecule has 0 bridgehead atoms. The highest BCUT2D eigenvalue weighted by atomic mass is 16.2. The van der Waals surface area contributed by atoms with E-state index in [1.165, 1.54) is 0 Å². The molecule has 0 unspecified atom stereocenters. The minimum absolute atomic E-state index is 0.140. The van der Waals surface area contributed by atoms with Crippen LogP contribution in [-0.2, 0) is 11.3 Å². The first-order chi connectivity index (χ1) is 7.77. The summed E-state index contributed by atoms with van der Waals surface area (Å²) in [7, 11) is 0. The van der Waals surface area contributed by atoms with Gasteiger partial charge in [0.05, 0.1) is 12.2 Å². The van der Waals surface area contributed by atoms with Crippen LogP contribution in [0.5, 0.6) is 0 Å². The van der Waals surface area contributed by atoms with Gasteiger partial charge in [-0.05, 0) is 26.0 Å². The lowest BCUT2D eigenvalue weighted by atomic mass is 10.3. The van der Waals surface area contributed by atoms with Gasteiger partial charge in [-0.2, -0.15) is 0 Å². The molecular weight excluding hydrogens is 202 g/mol. The Balaban J connectivity index is 2.28. The third kappa shape index (κ3) is 3.98. The molecular formula is C12H19N3O. The van der Waals surface area contributed by atoms with Crippen molar-refractivity contribution in [3.8, 4) is 0 Å². The summed E-state index contributed by atoms with van der Waals surface area (Å²) in [4.78, 5) is 17.6. The minimum Gasteiger partial charge on any atom is -0.342 e. The molecule has 88 valence electrons. The summed E-state index contributed by atoms with van der Waals surface area (Å²) in [5, 5.41) is 3.10. The van der Waals surface area contributed by atoms with Crippen molar-refractivity contribution in [1.29, 1.82) is 0 Å². The molecule has 1 amide bonds. The predicted octanol–water partition coefficient (Wildman–Crippen LogP) is 1.04. The van der Waals surface area contributed by atoms with Gasteiger partial charge in [0.1, 0.15) is 0 Å². The Morgan fingerprint density at radius 3 is 2.69 bits per heavy atom. The molecule has 0 fully saturated rings. The van der Waals surface area contributed by atoms with Crippen LogP contribution in [0.1, 0.15) is 19.5 Å². The van der Waals surface area contributed by atoms with Gasteiger partial charge in [-0.1, -0.05) is 6.07 Å². The number of hydrogen-bond acceptors (Lipinski definition) is 3. The second-order valence-electron chi connectivity index (χ2n) is 3.49. The summed E-state index contributed by atoms with van der Waals surface area (Å²) in [5.41, 5.74) is 0.954. The number of nitrogens with zero attached hydrogens (tertiary/aromatic N) is 2. The van der Waals surface area contributed by atoms with Crippen molar-refractivity contribution in [3.05, 3.63) is 30.1 Å². The highest BCUT2D eigenvalue weighted by Crippen LogP contribution is 1.92. The molecule has 0 radical (unpaired) electrons. The van der Waals surface area contributed by atoms with Gasteiger partial charge >= 0.3 is 0 Å². The zero-order valence-electron chi connectivity index (χ0n) is 9.94. The molecule has 1 rings (SSSR count). The summed E-state index contributed by atoms with van der Waals surface area (Å²) in [6.07, 6.45) is 1.75. The van der Waals surface area contributed by atoms with E-state index < -0.39 is 0 Å². The molecule has 1 aromatic rings. The molecule has 0 atom stereocenters. The molecule has 0 aromatic carbocycles. The van der Waals surface area contributed by atoms with E-state index in [1.807, 2.05) is 36.9 Å². The summed E-state index contributed by atoms with van der Waals surface area (Å²) >= 11 is 0. The monoisotopic (exact) mass is 221 g/mol. The fraction of sp³-hybridized carbons (Fsp3) is 0.500.